The highest BCUT2D eigenvalue weighted by Gasteiger charge is 2.27. The van der Waals surface area contributed by atoms with E-state index in [1.165, 1.54) is 0 Å². The van der Waals surface area contributed by atoms with E-state index in [2.05, 4.69) is 11.4 Å². The van der Waals surface area contributed by atoms with Gasteiger partial charge in [0.15, 0.2) is 0 Å². The Morgan fingerprint density at radius 1 is 1.43 bits per heavy atom. The molecule has 1 amide bonds. The van der Waals surface area contributed by atoms with Gasteiger partial charge in [-0.15, -0.1) is 0 Å². The van der Waals surface area contributed by atoms with Gasteiger partial charge in [0.1, 0.15) is 6.07 Å². The molecular formula is C17H21N3O3. The number of nitriles is 1. The van der Waals surface area contributed by atoms with E-state index >= 15 is 0 Å². The number of para-hydroxylation sites is 1. The molecule has 0 aromatic heterocycles. The maximum Gasteiger partial charge on any atom is 0.310 e. The summed E-state index contributed by atoms with van der Waals surface area (Å²) in [5.41, 5.74) is 0.947. The first-order valence-electron chi connectivity index (χ1n) is 7.82. The molecular weight excluding hydrogens is 294 g/mol. The van der Waals surface area contributed by atoms with Crippen LogP contribution in [-0.4, -0.2) is 43.0 Å². The number of hydrogen-bond donors (Lipinski definition) is 1. The summed E-state index contributed by atoms with van der Waals surface area (Å²) in [7, 11) is 0. The van der Waals surface area contributed by atoms with Gasteiger partial charge in [-0.05, 0) is 38.4 Å². The van der Waals surface area contributed by atoms with E-state index in [1.807, 2.05) is 4.90 Å². The van der Waals surface area contributed by atoms with Gasteiger partial charge in [-0.2, -0.15) is 5.26 Å². The van der Waals surface area contributed by atoms with Gasteiger partial charge >= 0.3 is 5.97 Å². The first-order chi connectivity index (χ1) is 11.1. The Balaban J connectivity index is 1.90. The Morgan fingerprint density at radius 2 is 2.22 bits per heavy atom. The van der Waals surface area contributed by atoms with Gasteiger partial charge in [-0.1, -0.05) is 12.1 Å². The van der Waals surface area contributed by atoms with E-state index in [4.69, 9.17) is 10.00 Å². The number of esters is 1. The highest BCUT2D eigenvalue weighted by atomic mass is 16.5. The average Bonchev–Trinajstić information content (AvgIpc) is 2.55. The minimum atomic E-state index is -0.188. The minimum absolute atomic E-state index is 0.164. The lowest BCUT2D eigenvalue weighted by atomic mass is 9.98. The van der Waals surface area contributed by atoms with E-state index in [1.54, 1.807) is 31.2 Å². The second kappa shape index (κ2) is 8.30. The molecule has 2 rings (SSSR count). The highest BCUT2D eigenvalue weighted by molar-refractivity contribution is 5.93. The third kappa shape index (κ3) is 4.80. The van der Waals surface area contributed by atoms with Crippen LogP contribution in [0.15, 0.2) is 24.3 Å². The number of benzene rings is 1. The average molecular weight is 315 g/mol. The van der Waals surface area contributed by atoms with Crippen LogP contribution in [0.4, 0.5) is 5.69 Å². The van der Waals surface area contributed by atoms with Crippen molar-refractivity contribution < 1.29 is 14.3 Å². The molecule has 122 valence electrons. The molecule has 1 saturated heterocycles. The predicted molar refractivity (Wildman–Crippen MR) is 85.6 cm³/mol. The molecule has 23 heavy (non-hydrogen) atoms. The van der Waals surface area contributed by atoms with Gasteiger partial charge in [-0.25, -0.2) is 0 Å². The van der Waals surface area contributed by atoms with Crippen molar-refractivity contribution in [2.45, 2.75) is 19.8 Å². The molecule has 0 radical (unpaired) electrons. The van der Waals surface area contributed by atoms with E-state index in [9.17, 15) is 9.59 Å². The van der Waals surface area contributed by atoms with Gasteiger partial charge in [0.25, 0.3) is 0 Å². The molecule has 6 heteroatoms. The summed E-state index contributed by atoms with van der Waals surface area (Å²) in [6, 6.07) is 8.94. The summed E-state index contributed by atoms with van der Waals surface area (Å²) in [4.78, 5) is 25.9. The van der Waals surface area contributed by atoms with Crippen LogP contribution in [0.1, 0.15) is 25.3 Å². The van der Waals surface area contributed by atoms with E-state index in [0.717, 1.165) is 19.4 Å². The minimum Gasteiger partial charge on any atom is -0.466 e. The molecule has 0 bridgehead atoms. The summed E-state index contributed by atoms with van der Waals surface area (Å²) in [5, 5.41) is 11.8. The molecule has 1 aromatic carbocycles. The number of ether oxygens (including phenoxy) is 1. The topological polar surface area (TPSA) is 82.4 Å². The van der Waals surface area contributed by atoms with Crippen molar-refractivity contribution in [3.8, 4) is 6.07 Å². The number of piperidine rings is 1. The van der Waals surface area contributed by atoms with Crippen LogP contribution in [0.2, 0.25) is 0 Å². The molecule has 1 atom stereocenters. The summed E-state index contributed by atoms with van der Waals surface area (Å²) in [6.45, 7) is 3.68. The number of hydrogen-bond acceptors (Lipinski definition) is 5. The number of likely N-dealkylation sites (tertiary alicyclic amines) is 1. The van der Waals surface area contributed by atoms with Crippen molar-refractivity contribution in [3.05, 3.63) is 29.8 Å². The van der Waals surface area contributed by atoms with Crippen LogP contribution in [0.5, 0.6) is 0 Å². The number of carbonyl (C=O) groups excluding carboxylic acids is 2. The fourth-order valence-electron chi connectivity index (χ4n) is 2.73. The molecule has 1 heterocycles. The molecule has 1 fully saturated rings. The summed E-state index contributed by atoms with van der Waals surface area (Å²) in [6.07, 6.45) is 1.67. The van der Waals surface area contributed by atoms with E-state index in [-0.39, 0.29) is 24.3 Å². The Hall–Kier alpha value is -2.39. The number of amides is 1. The van der Waals surface area contributed by atoms with Crippen LogP contribution in [-0.2, 0) is 14.3 Å². The Labute approximate surface area is 136 Å². The first kappa shape index (κ1) is 17.0. The summed E-state index contributed by atoms with van der Waals surface area (Å²) in [5.74, 6) is -0.535. The van der Waals surface area contributed by atoms with Gasteiger partial charge in [0.05, 0.1) is 30.3 Å². The first-order valence-corrected chi connectivity index (χ1v) is 7.82. The van der Waals surface area contributed by atoms with Crippen LogP contribution < -0.4 is 5.32 Å². The van der Waals surface area contributed by atoms with Gasteiger partial charge in [-0.3, -0.25) is 14.5 Å². The van der Waals surface area contributed by atoms with Crippen LogP contribution in [0, 0.1) is 17.2 Å². The largest absolute Gasteiger partial charge is 0.466 e. The number of carbonyl (C=O) groups is 2. The van der Waals surface area contributed by atoms with Crippen molar-refractivity contribution in [3.63, 3.8) is 0 Å². The summed E-state index contributed by atoms with van der Waals surface area (Å²) < 4.78 is 5.06. The second-order valence-electron chi connectivity index (χ2n) is 5.53. The van der Waals surface area contributed by atoms with Crippen LogP contribution >= 0.6 is 0 Å². The monoisotopic (exact) mass is 315 g/mol. The smallest absolute Gasteiger partial charge is 0.310 e. The second-order valence-corrected chi connectivity index (χ2v) is 5.53. The zero-order chi connectivity index (χ0) is 16.7. The number of rotatable bonds is 5. The van der Waals surface area contributed by atoms with Crippen LogP contribution in [0.25, 0.3) is 0 Å². The van der Waals surface area contributed by atoms with Gasteiger partial charge < -0.3 is 10.1 Å². The van der Waals surface area contributed by atoms with Crippen molar-refractivity contribution in [2.75, 3.05) is 31.6 Å². The zero-order valence-electron chi connectivity index (χ0n) is 13.2. The third-order valence-corrected chi connectivity index (χ3v) is 3.81. The fourth-order valence-corrected chi connectivity index (χ4v) is 2.73. The molecule has 1 N–H and O–H groups in total. The molecule has 0 spiro atoms. The molecule has 0 aliphatic carbocycles. The fraction of sp³-hybridized carbons (Fsp3) is 0.471. The molecule has 1 aliphatic rings. The maximum absolute atomic E-state index is 12.2. The Kier molecular flexibility index (Phi) is 6.12. The number of nitrogens with one attached hydrogen (secondary N) is 1. The molecule has 1 aliphatic heterocycles. The normalized spacial score (nSPS) is 18.0. The van der Waals surface area contributed by atoms with E-state index in [0.29, 0.717) is 24.4 Å². The maximum atomic E-state index is 12.2. The van der Waals surface area contributed by atoms with Crippen LogP contribution in [0.3, 0.4) is 0 Å². The molecule has 6 nitrogen and oxygen atoms in total. The van der Waals surface area contributed by atoms with Gasteiger partial charge in [0.2, 0.25) is 5.91 Å². The zero-order valence-corrected chi connectivity index (χ0v) is 13.2. The number of anilines is 1. The van der Waals surface area contributed by atoms with Gasteiger partial charge in [0, 0.05) is 6.54 Å². The molecule has 1 aromatic rings. The Bertz CT molecular complexity index is 609. The lowest BCUT2D eigenvalue weighted by Gasteiger charge is -2.30. The lowest BCUT2D eigenvalue weighted by Crippen LogP contribution is -2.43. The van der Waals surface area contributed by atoms with Crippen molar-refractivity contribution in [1.29, 1.82) is 5.26 Å². The SMILES string of the molecule is CCOC(=O)[C@@H]1CCCN(CC(=O)Nc2ccccc2C#N)C1. The molecule has 0 unspecified atom stereocenters. The highest BCUT2D eigenvalue weighted by Crippen LogP contribution is 2.18. The van der Waals surface area contributed by atoms with Crippen molar-refractivity contribution in [1.82, 2.24) is 4.90 Å². The van der Waals surface area contributed by atoms with Crippen molar-refractivity contribution >= 4 is 17.6 Å². The summed E-state index contributed by atoms with van der Waals surface area (Å²) >= 11 is 0. The van der Waals surface area contributed by atoms with E-state index < -0.39 is 0 Å². The predicted octanol–water partition coefficient (Wildman–Crippen LogP) is 1.77. The standard InChI is InChI=1S/C17H21N3O3/c1-2-23-17(22)14-7-5-9-20(11-14)12-16(21)19-15-8-4-3-6-13(15)10-18/h3-4,6,8,14H,2,5,7,9,11-12H2,1H3,(H,19,21)/t14-/m1/s1. The van der Waals surface area contributed by atoms with Crippen molar-refractivity contribution in [2.24, 2.45) is 5.92 Å². The lowest BCUT2D eigenvalue weighted by molar-refractivity contribution is -0.150. The number of nitrogens with zero attached hydrogens (tertiary/aromatic N) is 2. The Morgan fingerprint density at radius 3 is 2.96 bits per heavy atom. The quantitative estimate of drug-likeness (QED) is 0.837. The third-order valence-electron chi connectivity index (χ3n) is 3.81. The molecule has 0 saturated carbocycles.